The summed E-state index contributed by atoms with van der Waals surface area (Å²) in [4.78, 5) is 10.2. The van der Waals surface area contributed by atoms with Gasteiger partial charge in [0.1, 0.15) is 11.9 Å². The largest absolute Gasteiger partial charge is 0.481 e. The van der Waals surface area contributed by atoms with Crippen LogP contribution in [0.25, 0.3) is 0 Å². The van der Waals surface area contributed by atoms with Crippen molar-refractivity contribution in [3.8, 4) is 5.75 Å². The molecule has 0 aliphatic carbocycles. The highest BCUT2D eigenvalue weighted by Crippen LogP contribution is 2.60. The van der Waals surface area contributed by atoms with E-state index in [1.165, 1.54) is 12.1 Å². The summed E-state index contributed by atoms with van der Waals surface area (Å²) in [5, 5.41) is 20.8. The zero-order valence-electron chi connectivity index (χ0n) is 9.34. The van der Waals surface area contributed by atoms with Crippen molar-refractivity contribution < 1.29 is 19.5 Å². The molecule has 1 fully saturated rings. The molecule has 90 valence electrons. The number of non-ortho nitro benzene ring substituents is 1. The summed E-state index contributed by atoms with van der Waals surface area (Å²) in [7, 11) is 0. The number of nitro groups is 1. The molecule has 17 heavy (non-hydrogen) atoms. The molecule has 1 saturated heterocycles. The van der Waals surface area contributed by atoms with Crippen LogP contribution in [0, 0.1) is 10.1 Å². The minimum Gasteiger partial charge on any atom is -0.481 e. The lowest BCUT2D eigenvalue weighted by Gasteiger charge is -2.33. The zero-order chi connectivity index (χ0) is 12.4. The summed E-state index contributed by atoms with van der Waals surface area (Å²) >= 11 is 0. The molecule has 0 radical (unpaired) electrons. The van der Waals surface area contributed by atoms with E-state index in [4.69, 9.17) is 9.47 Å². The van der Waals surface area contributed by atoms with Gasteiger partial charge in [-0.15, -0.1) is 0 Å². The number of epoxide rings is 1. The molecule has 2 atom stereocenters. The number of ether oxygens (including phenoxy) is 2. The molecule has 0 saturated carbocycles. The van der Waals surface area contributed by atoms with E-state index in [0.29, 0.717) is 11.3 Å². The van der Waals surface area contributed by atoms with Crippen LogP contribution in [0.15, 0.2) is 18.2 Å². The smallest absolute Gasteiger partial charge is 0.273 e. The Morgan fingerprint density at radius 1 is 1.47 bits per heavy atom. The monoisotopic (exact) mass is 237 g/mol. The van der Waals surface area contributed by atoms with E-state index in [2.05, 4.69) is 0 Å². The minimum absolute atomic E-state index is 0.0364. The van der Waals surface area contributed by atoms with E-state index < -0.39 is 22.4 Å². The molecule has 2 heterocycles. The summed E-state index contributed by atoms with van der Waals surface area (Å²) in [5.41, 5.74) is -0.303. The molecule has 1 aromatic rings. The predicted octanol–water partition coefficient (Wildman–Crippen LogP) is 1.53. The predicted molar refractivity (Wildman–Crippen MR) is 56.6 cm³/mol. The van der Waals surface area contributed by atoms with Crippen molar-refractivity contribution in [3.63, 3.8) is 0 Å². The molecule has 1 aromatic carbocycles. The molecule has 1 N–H and O–H groups in total. The lowest BCUT2D eigenvalue weighted by Crippen LogP contribution is -2.47. The quantitative estimate of drug-likeness (QED) is 0.454. The summed E-state index contributed by atoms with van der Waals surface area (Å²) in [6, 6.07) is 4.30. The van der Waals surface area contributed by atoms with Gasteiger partial charge < -0.3 is 14.6 Å². The standard InChI is InChI=1S/C11H11NO5/c1-10(2)11(13)9(17-11)7-4-3-6(12(14)15)5-8(7)16-10/h3-5,9,13H,1-2H3/t9-,11+/m1/s1. The maximum atomic E-state index is 10.7. The van der Waals surface area contributed by atoms with Crippen molar-refractivity contribution in [2.24, 2.45) is 0 Å². The van der Waals surface area contributed by atoms with Crippen molar-refractivity contribution in [2.45, 2.75) is 31.3 Å². The molecule has 0 unspecified atom stereocenters. The number of benzene rings is 1. The second-order valence-electron chi connectivity index (χ2n) is 4.79. The van der Waals surface area contributed by atoms with Gasteiger partial charge in [0.25, 0.3) is 5.69 Å². The lowest BCUT2D eigenvalue weighted by molar-refractivity contribution is -0.385. The highest BCUT2D eigenvalue weighted by atomic mass is 16.8. The molecule has 2 aliphatic heterocycles. The number of fused-ring (bicyclic) bond motifs is 3. The third-order valence-corrected chi connectivity index (χ3v) is 3.31. The van der Waals surface area contributed by atoms with Gasteiger partial charge in [0.05, 0.1) is 11.0 Å². The fourth-order valence-electron chi connectivity index (χ4n) is 2.17. The van der Waals surface area contributed by atoms with Gasteiger partial charge in [0.15, 0.2) is 5.60 Å². The van der Waals surface area contributed by atoms with E-state index in [0.717, 1.165) is 0 Å². The topological polar surface area (TPSA) is 85.1 Å². The van der Waals surface area contributed by atoms with Crippen molar-refractivity contribution in [1.29, 1.82) is 0 Å². The summed E-state index contributed by atoms with van der Waals surface area (Å²) in [6.45, 7) is 3.38. The van der Waals surface area contributed by atoms with Gasteiger partial charge in [0.2, 0.25) is 5.79 Å². The Hall–Kier alpha value is -1.66. The molecule has 0 amide bonds. The lowest BCUT2D eigenvalue weighted by atomic mass is 9.91. The number of hydrogen-bond donors (Lipinski definition) is 1. The number of aliphatic hydroxyl groups is 1. The summed E-state index contributed by atoms with van der Waals surface area (Å²) < 4.78 is 10.9. The van der Waals surface area contributed by atoms with Crippen LogP contribution in [0.1, 0.15) is 25.5 Å². The van der Waals surface area contributed by atoms with Gasteiger partial charge in [-0.1, -0.05) is 0 Å². The van der Waals surface area contributed by atoms with Gasteiger partial charge in [-0.05, 0) is 19.9 Å². The van der Waals surface area contributed by atoms with Crippen molar-refractivity contribution in [2.75, 3.05) is 0 Å². The molecular weight excluding hydrogens is 226 g/mol. The molecule has 6 heteroatoms. The van der Waals surface area contributed by atoms with Crippen LogP contribution in [-0.4, -0.2) is 21.4 Å². The normalized spacial score (nSPS) is 32.1. The van der Waals surface area contributed by atoms with Crippen molar-refractivity contribution in [1.82, 2.24) is 0 Å². The van der Waals surface area contributed by atoms with Gasteiger partial charge in [0, 0.05) is 11.6 Å². The average molecular weight is 237 g/mol. The maximum Gasteiger partial charge on any atom is 0.273 e. The van der Waals surface area contributed by atoms with Crippen LogP contribution in [0.2, 0.25) is 0 Å². The molecule has 0 spiro atoms. The fourth-order valence-corrected chi connectivity index (χ4v) is 2.17. The Labute approximate surface area is 96.9 Å². The van der Waals surface area contributed by atoms with Gasteiger partial charge in [-0.25, -0.2) is 0 Å². The van der Waals surface area contributed by atoms with Crippen LogP contribution >= 0.6 is 0 Å². The molecule has 3 rings (SSSR count). The third kappa shape index (κ3) is 1.22. The third-order valence-electron chi connectivity index (χ3n) is 3.31. The van der Waals surface area contributed by atoms with Crippen molar-refractivity contribution in [3.05, 3.63) is 33.9 Å². The van der Waals surface area contributed by atoms with E-state index in [9.17, 15) is 15.2 Å². The van der Waals surface area contributed by atoms with Crippen LogP contribution in [0.5, 0.6) is 5.75 Å². The van der Waals surface area contributed by atoms with E-state index in [1.54, 1.807) is 19.9 Å². The first-order chi connectivity index (χ1) is 7.85. The minimum atomic E-state index is -1.32. The van der Waals surface area contributed by atoms with Crippen LogP contribution in [0.4, 0.5) is 5.69 Å². The van der Waals surface area contributed by atoms with E-state index in [1.807, 2.05) is 0 Å². The summed E-state index contributed by atoms with van der Waals surface area (Å²) in [6.07, 6.45) is -0.456. The molecule has 6 nitrogen and oxygen atoms in total. The Bertz CT molecular complexity index is 527. The first-order valence-electron chi connectivity index (χ1n) is 5.23. The van der Waals surface area contributed by atoms with Crippen LogP contribution in [-0.2, 0) is 4.74 Å². The molecular formula is C11H11NO5. The average Bonchev–Trinajstić information content (AvgIpc) is 2.91. The molecule has 0 bridgehead atoms. The van der Waals surface area contributed by atoms with E-state index >= 15 is 0 Å². The first kappa shape index (κ1) is 10.5. The maximum absolute atomic E-state index is 10.7. The zero-order valence-corrected chi connectivity index (χ0v) is 9.34. The molecule has 2 aliphatic rings. The number of rotatable bonds is 1. The van der Waals surface area contributed by atoms with Crippen LogP contribution in [0.3, 0.4) is 0 Å². The highest BCUT2D eigenvalue weighted by molar-refractivity contribution is 5.50. The fraction of sp³-hybridized carbons (Fsp3) is 0.455. The second kappa shape index (κ2) is 2.77. The van der Waals surface area contributed by atoms with Gasteiger partial charge in [-0.2, -0.15) is 0 Å². The van der Waals surface area contributed by atoms with Gasteiger partial charge in [-0.3, -0.25) is 10.1 Å². The first-order valence-corrected chi connectivity index (χ1v) is 5.23. The number of hydrogen-bond acceptors (Lipinski definition) is 5. The number of nitro benzene ring substituents is 1. The second-order valence-corrected chi connectivity index (χ2v) is 4.79. The number of nitrogens with zero attached hydrogens (tertiary/aromatic N) is 1. The van der Waals surface area contributed by atoms with Crippen molar-refractivity contribution >= 4 is 5.69 Å². The Kier molecular flexibility index (Phi) is 1.71. The summed E-state index contributed by atoms with van der Waals surface area (Å²) in [5.74, 6) is -0.924. The highest BCUT2D eigenvalue weighted by Gasteiger charge is 2.70. The van der Waals surface area contributed by atoms with E-state index in [-0.39, 0.29) is 5.69 Å². The Balaban J connectivity index is 2.10. The Morgan fingerprint density at radius 2 is 2.18 bits per heavy atom. The van der Waals surface area contributed by atoms with Gasteiger partial charge >= 0.3 is 0 Å². The SMILES string of the molecule is CC1(C)Oc2cc([N+](=O)[O-])ccc2[C@H]2O[C@@]21O. The molecule has 0 aromatic heterocycles. The Morgan fingerprint density at radius 3 is 2.82 bits per heavy atom. The van der Waals surface area contributed by atoms with Crippen LogP contribution < -0.4 is 4.74 Å².